The Morgan fingerprint density at radius 1 is 1.36 bits per heavy atom. The van der Waals surface area contributed by atoms with Gasteiger partial charge in [-0.3, -0.25) is 0 Å². The number of nitrogens with one attached hydrogen (secondary N) is 1. The van der Waals surface area contributed by atoms with Crippen molar-refractivity contribution >= 4 is 23.2 Å². The van der Waals surface area contributed by atoms with Gasteiger partial charge in [0.05, 0.1) is 22.2 Å². The molecule has 6 heteroatoms. The molecule has 1 aromatic rings. The largest absolute Gasteiger partial charge is 0.353 e. The second-order valence-corrected chi connectivity index (χ2v) is 6.40. The normalized spacial score (nSPS) is 21.5. The van der Waals surface area contributed by atoms with E-state index in [1.54, 1.807) is 6.07 Å². The van der Waals surface area contributed by atoms with Crippen LogP contribution in [0, 0.1) is 0 Å². The van der Waals surface area contributed by atoms with Crippen LogP contribution < -0.4 is 11.1 Å². The van der Waals surface area contributed by atoms with Gasteiger partial charge in [0.2, 0.25) is 0 Å². The van der Waals surface area contributed by atoms with Crippen LogP contribution in [0.3, 0.4) is 0 Å². The van der Waals surface area contributed by atoms with Gasteiger partial charge in [0.15, 0.2) is 6.29 Å². The van der Waals surface area contributed by atoms with Crippen LogP contribution >= 0.6 is 23.2 Å². The van der Waals surface area contributed by atoms with E-state index in [-0.39, 0.29) is 11.8 Å². The van der Waals surface area contributed by atoms with Crippen LogP contribution in [-0.2, 0) is 15.0 Å². The maximum absolute atomic E-state index is 6.14. The molecule has 0 saturated carbocycles. The van der Waals surface area contributed by atoms with Crippen molar-refractivity contribution in [2.75, 3.05) is 26.8 Å². The summed E-state index contributed by atoms with van der Waals surface area (Å²) in [5.41, 5.74) is 6.66. The molecule has 1 fully saturated rings. The SMILES string of the molecule is CNC(CN)(CCOC1CCCCO1)c1ccc(Cl)c(Cl)c1. The van der Waals surface area contributed by atoms with E-state index in [4.69, 9.17) is 38.4 Å². The molecule has 22 heavy (non-hydrogen) atoms. The summed E-state index contributed by atoms with van der Waals surface area (Å²) in [6, 6.07) is 5.62. The number of ether oxygens (including phenoxy) is 2. The van der Waals surface area contributed by atoms with E-state index in [9.17, 15) is 0 Å². The molecule has 0 aliphatic carbocycles. The van der Waals surface area contributed by atoms with E-state index in [2.05, 4.69) is 5.32 Å². The van der Waals surface area contributed by atoms with Crippen LogP contribution in [0.5, 0.6) is 0 Å². The summed E-state index contributed by atoms with van der Waals surface area (Å²) in [7, 11) is 1.90. The average Bonchev–Trinajstić information content (AvgIpc) is 2.56. The van der Waals surface area contributed by atoms with Gasteiger partial charge < -0.3 is 20.5 Å². The van der Waals surface area contributed by atoms with E-state index in [1.807, 2.05) is 19.2 Å². The number of rotatable bonds is 7. The summed E-state index contributed by atoms with van der Waals surface area (Å²) in [6.07, 6.45) is 3.88. The molecule has 0 bridgehead atoms. The molecule has 2 atom stereocenters. The molecule has 1 aromatic carbocycles. The minimum absolute atomic E-state index is 0.0881. The first-order valence-electron chi connectivity index (χ1n) is 7.69. The third kappa shape index (κ3) is 4.34. The molecule has 2 unspecified atom stereocenters. The van der Waals surface area contributed by atoms with E-state index in [0.717, 1.165) is 37.9 Å². The minimum atomic E-state index is -0.386. The summed E-state index contributed by atoms with van der Waals surface area (Å²) in [5.74, 6) is 0. The monoisotopic (exact) mass is 346 g/mol. The molecule has 124 valence electrons. The Morgan fingerprint density at radius 3 is 2.77 bits per heavy atom. The molecule has 2 rings (SSSR count). The Bertz CT molecular complexity index is 475. The first-order valence-corrected chi connectivity index (χ1v) is 8.44. The number of hydrogen-bond donors (Lipinski definition) is 2. The van der Waals surface area contributed by atoms with Gasteiger partial charge in [-0.05, 0) is 50.4 Å². The van der Waals surface area contributed by atoms with Crippen molar-refractivity contribution in [3.05, 3.63) is 33.8 Å². The zero-order valence-electron chi connectivity index (χ0n) is 12.9. The highest BCUT2D eigenvalue weighted by molar-refractivity contribution is 6.42. The molecule has 0 aromatic heterocycles. The maximum Gasteiger partial charge on any atom is 0.157 e. The lowest BCUT2D eigenvalue weighted by atomic mass is 9.87. The molecule has 1 heterocycles. The molecule has 1 aliphatic heterocycles. The topological polar surface area (TPSA) is 56.5 Å². The van der Waals surface area contributed by atoms with Crippen LogP contribution in [-0.4, -0.2) is 33.1 Å². The summed E-state index contributed by atoms with van der Waals surface area (Å²) in [6.45, 7) is 1.80. The number of benzene rings is 1. The third-order valence-corrected chi connectivity index (χ3v) is 5.01. The lowest BCUT2D eigenvalue weighted by Gasteiger charge is -2.34. The van der Waals surface area contributed by atoms with Gasteiger partial charge in [0.25, 0.3) is 0 Å². The number of nitrogens with two attached hydrogens (primary N) is 1. The first-order chi connectivity index (χ1) is 10.6. The molecular formula is C16H24Cl2N2O2. The predicted octanol–water partition coefficient (Wildman–Crippen LogP) is 3.30. The highest BCUT2D eigenvalue weighted by atomic mass is 35.5. The van der Waals surface area contributed by atoms with Gasteiger partial charge in [-0.25, -0.2) is 0 Å². The molecule has 4 nitrogen and oxygen atoms in total. The maximum atomic E-state index is 6.14. The number of halogens is 2. The zero-order valence-corrected chi connectivity index (χ0v) is 14.4. The van der Waals surface area contributed by atoms with E-state index >= 15 is 0 Å². The molecule has 0 spiro atoms. The highest BCUT2D eigenvalue weighted by Crippen LogP contribution is 2.30. The Labute approximate surface area is 142 Å². The van der Waals surface area contributed by atoms with Crippen molar-refractivity contribution in [1.29, 1.82) is 0 Å². The quantitative estimate of drug-likeness (QED) is 0.795. The summed E-state index contributed by atoms with van der Waals surface area (Å²) < 4.78 is 11.4. The van der Waals surface area contributed by atoms with E-state index in [0.29, 0.717) is 23.2 Å². The molecule has 1 saturated heterocycles. The standard InChI is InChI=1S/C16H24Cl2N2O2/c1-20-16(11-19,12-5-6-13(17)14(18)10-12)7-9-22-15-4-2-3-8-21-15/h5-6,10,15,20H,2-4,7-9,11,19H2,1H3. The van der Waals surface area contributed by atoms with Gasteiger partial charge in [-0.15, -0.1) is 0 Å². The van der Waals surface area contributed by atoms with Crippen molar-refractivity contribution in [1.82, 2.24) is 5.32 Å². The molecule has 0 radical (unpaired) electrons. The van der Waals surface area contributed by atoms with Gasteiger partial charge in [0, 0.05) is 13.2 Å². The molecule has 1 aliphatic rings. The van der Waals surface area contributed by atoms with Crippen LogP contribution in [0.4, 0.5) is 0 Å². The number of likely N-dealkylation sites (N-methyl/N-ethyl adjacent to an activating group) is 1. The van der Waals surface area contributed by atoms with Crippen LogP contribution in [0.2, 0.25) is 10.0 Å². The lowest BCUT2D eigenvalue weighted by Crippen LogP contribution is -2.47. The second-order valence-electron chi connectivity index (χ2n) is 5.58. The Balaban J connectivity index is 2.01. The summed E-state index contributed by atoms with van der Waals surface area (Å²) in [4.78, 5) is 0. The first kappa shape index (κ1) is 18.0. The smallest absolute Gasteiger partial charge is 0.157 e. The lowest BCUT2D eigenvalue weighted by molar-refractivity contribution is -0.165. The Kier molecular flexibility index (Phi) is 6.93. The Hall–Kier alpha value is -0.360. The predicted molar refractivity (Wildman–Crippen MR) is 90.4 cm³/mol. The summed E-state index contributed by atoms with van der Waals surface area (Å²) in [5, 5.41) is 4.39. The molecular weight excluding hydrogens is 323 g/mol. The van der Waals surface area contributed by atoms with Crippen LogP contribution in [0.25, 0.3) is 0 Å². The molecule has 0 amide bonds. The van der Waals surface area contributed by atoms with Gasteiger partial charge in [-0.2, -0.15) is 0 Å². The fraction of sp³-hybridized carbons (Fsp3) is 0.625. The van der Waals surface area contributed by atoms with Crippen molar-refractivity contribution < 1.29 is 9.47 Å². The van der Waals surface area contributed by atoms with Gasteiger partial charge in [-0.1, -0.05) is 29.3 Å². The highest BCUT2D eigenvalue weighted by Gasteiger charge is 2.30. The van der Waals surface area contributed by atoms with Crippen molar-refractivity contribution in [3.63, 3.8) is 0 Å². The van der Waals surface area contributed by atoms with Crippen LogP contribution in [0.15, 0.2) is 18.2 Å². The fourth-order valence-corrected chi connectivity index (χ4v) is 3.03. The van der Waals surface area contributed by atoms with E-state index < -0.39 is 0 Å². The number of hydrogen-bond acceptors (Lipinski definition) is 4. The van der Waals surface area contributed by atoms with Gasteiger partial charge in [0.1, 0.15) is 0 Å². The second kappa shape index (κ2) is 8.48. The van der Waals surface area contributed by atoms with Crippen LogP contribution in [0.1, 0.15) is 31.2 Å². The summed E-state index contributed by atoms with van der Waals surface area (Å²) >= 11 is 12.1. The average molecular weight is 347 g/mol. The third-order valence-electron chi connectivity index (χ3n) is 4.27. The molecule has 3 N–H and O–H groups in total. The zero-order chi connectivity index (χ0) is 16.0. The Morgan fingerprint density at radius 2 is 2.18 bits per heavy atom. The van der Waals surface area contributed by atoms with Crippen molar-refractivity contribution in [2.45, 2.75) is 37.5 Å². The van der Waals surface area contributed by atoms with Gasteiger partial charge >= 0.3 is 0 Å². The minimum Gasteiger partial charge on any atom is -0.353 e. The van der Waals surface area contributed by atoms with E-state index in [1.165, 1.54) is 0 Å². The fourth-order valence-electron chi connectivity index (χ4n) is 2.74. The van der Waals surface area contributed by atoms with Crippen molar-refractivity contribution in [2.24, 2.45) is 5.73 Å². The van der Waals surface area contributed by atoms with Crippen molar-refractivity contribution in [3.8, 4) is 0 Å².